The van der Waals surface area contributed by atoms with Gasteiger partial charge in [0.2, 0.25) is 5.91 Å². The Kier molecular flexibility index (Phi) is 6.64. The molecule has 0 spiro atoms. The Balaban J connectivity index is 1.97. The molecule has 2 rings (SSSR count). The van der Waals surface area contributed by atoms with Gasteiger partial charge in [0, 0.05) is 18.7 Å². The van der Waals surface area contributed by atoms with Gasteiger partial charge in [-0.1, -0.05) is 29.3 Å². The molecule has 0 aliphatic rings. The Hall–Kier alpha value is -2.53. The summed E-state index contributed by atoms with van der Waals surface area (Å²) < 4.78 is 4.68. The summed E-state index contributed by atoms with van der Waals surface area (Å²) in [4.78, 5) is 23.8. The minimum atomic E-state index is -0.482. The number of carbonyl (C=O) groups is 2. The molecule has 26 heavy (non-hydrogen) atoms. The molecule has 0 atom stereocenters. The highest BCUT2D eigenvalue weighted by molar-refractivity contribution is 6.33. The second-order valence-electron chi connectivity index (χ2n) is 6.18. The van der Waals surface area contributed by atoms with E-state index >= 15 is 0 Å². The monoisotopic (exact) mass is 374 g/mol. The summed E-state index contributed by atoms with van der Waals surface area (Å²) in [6.07, 6.45) is 0.269. The van der Waals surface area contributed by atoms with Crippen LogP contribution < -0.4 is 10.6 Å². The average molecular weight is 375 g/mol. The van der Waals surface area contributed by atoms with Crippen molar-refractivity contribution >= 4 is 34.9 Å². The zero-order valence-electron chi connectivity index (χ0n) is 15.4. The van der Waals surface area contributed by atoms with Crippen LogP contribution in [0.25, 0.3) is 0 Å². The van der Waals surface area contributed by atoms with Gasteiger partial charge in [-0.25, -0.2) is 4.79 Å². The van der Waals surface area contributed by atoms with Crippen LogP contribution >= 0.6 is 11.6 Å². The van der Waals surface area contributed by atoms with Crippen LogP contribution in [0, 0.1) is 20.8 Å². The van der Waals surface area contributed by atoms with E-state index in [0.29, 0.717) is 22.8 Å². The molecule has 2 N–H and O–H groups in total. The van der Waals surface area contributed by atoms with Crippen molar-refractivity contribution in [1.29, 1.82) is 0 Å². The standard InChI is InChI=1S/C20H23ClN2O3/c1-12-9-13(2)19(14(3)10-12)22-8-7-18(24)23-17-11-15(20(25)26-4)5-6-16(17)21/h5-6,9-11,22H,7-8H2,1-4H3,(H,23,24). The number of nitrogens with one attached hydrogen (secondary N) is 2. The largest absolute Gasteiger partial charge is 0.465 e. The minimum absolute atomic E-state index is 0.191. The lowest BCUT2D eigenvalue weighted by Gasteiger charge is -2.14. The summed E-state index contributed by atoms with van der Waals surface area (Å²) in [7, 11) is 1.30. The second kappa shape index (κ2) is 8.72. The van der Waals surface area contributed by atoms with Crippen LogP contribution in [0.3, 0.4) is 0 Å². The highest BCUT2D eigenvalue weighted by Crippen LogP contribution is 2.24. The predicted octanol–water partition coefficient (Wildman–Crippen LogP) is 4.49. The molecular weight excluding hydrogens is 352 g/mol. The van der Waals surface area contributed by atoms with Crippen LogP contribution in [0.1, 0.15) is 33.5 Å². The summed E-state index contributed by atoms with van der Waals surface area (Å²) in [6, 6.07) is 8.82. The molecule has 0 saturated carbocycles. The van der Waals surface area contributed by atoms with Crippen LogP contribution in [0.4, 0.5) is 11.4 Å². The van der Waals surface area contributed by atoms with Gasteiger partial charge in [-0.05, 0) is 50.1 Å². The topological polar surface area (TPSA) is 67.4 Å². The van der Waals surface area contributed by atoms with Gasteiger partial charge in [-0.2, -0.15) is 0 Å². The molecule has 0 aliphatic carbocycles. The van der Waals surface area contributed by atoms with E-state index in [1.165, 1.54) is 18.7 Å². The lowest BCUT2D eigenvalue weighted by atomic mass is 10.1. The van der Waals surface area contributed by atoms with E-state index in [1.807, 2.05) is 13.8 Å². The molecule has 0 saturated heterocycles. The fourth-order valence-electron chi connectivity index (χ4n) is 2.84. The van der Waals surface area contributed by atoms with Gasteiger partial charge in [-0.15, -0.1) is 0 Å². The van der Waals surface area contributed by atoms with E-state index in [9.17, 15) is 9.59 Å². The van der Waals surface area contributed by atoms with Crippen molar-refractivity contribution in [3.8, 4) is 0 Å². The van der Waals surface area contributed by atoms with Crippen molar-refractivity contribution < 1.29 is 14.3 Å². The highest BCUT2D eigenvalue weighted by Gasteiger charge is 2.11. The third-order valence-electron chi connectivity index (χ3n) is 3.99. The Bertz CT molecular complexity index is 811. The number of amides is 1. The minimum Gasteiger partial charge on any atom is -0.465 e. The number of hydrogen-bond donors (Lipinski definition) is 2. The zero-order chi connectivity index (χ0) is 19.3. The van der Waals surface area contributed by atoms with Gasteiger partial charge in [0.15, 0.2) is 0 Å². The van der Waals surface area contributed by atoms with Crippen molar-refractivity contribution in [3.05, 3.63) is 57.6 Å². The first-order valence-corrected chi connectivity index (χ1v) is 8.69. The van der Waals surface area contributed by atoms with Gasteiger partial charge in [0.25, 0.3) is 0 Å². The van der Waals surface area contributed by atoms with Crippen LogP contribution in [0.5, 0.6) is 0 Å². The van der Waals surface area contributed by atoms with Gasteiger partial charge >= 0.3 is 5.97 Å². The molecule has 6 heteroatoms. The molecule has 2 aromatic carbocycles. The molecule has 138 valence electrons. The van der Waals surface area contributed by atoms with Crippen molar-refractivity contribution in [3.63, 3.8) is 0 Å². The molecule has 5 nitrogen and oxygen atoms in total. The van der Waals surface area contributed by atoms with E-state index in [4.69, 9.17) is 11.6 Å². The summed E-state index contributed by atoms with van der Waals surface area (Å²) in [6.45, 7) is 6.63. The molecule has 1 amide bonds. The average Bonchev–Trinajstić information content (AvgIpc) is 2.58. The van der Waals surface area contributed by atoms with E-state index in [-0.39, 0.29) is 12.3 Å². The molecule has 0 unspecified atom stereocenters. The van der Waals surface area contributed by atoms with Crippen molar-refractivity contribution in [1.82, 2.24) is 0 Å². The highest BCUT2D eigenvalue weighted by atomic mass is 35.5. The Labute approximate surface area is 158 Å². The van der Waals surface area contributed by atoms with Gasteiger partial charge in [0.1, 0.15) is 0 Å². The van der Waals surface area contributed by atoms with Crippen molar-refractivity contribution in [2.24, 2.45) is 0 Å². The fraction of sp³-hybridized carbons (Fsp3) is 0.300. The fourth-order valence-corrected chi connectivity index (χ4v) is 3.00. The maximum absolute atomic E-state index is 12.2. The van der Waals surface area contributed by atoms with E-state index in [0.717, 1.165) is 16.8 Å². The normalized spacial score (nSPS) is 10.3. The van der Waals surface area contributed by atoms with E-state index in [1.54, 1.807) is 12.1 Å². The lowest BCUT2D eigenvalue weighted by Crippen LogP contribution is -2.17. The first-order valence-electron chi connectivity index (χ1n) is 8.31. The van der Waals surface area contributed by atoms with Crippen LogP contribution in [-0.2, 0) is 9.53 Å². The molecule has 0 aliphatic heterocycles. The second-order valence-corrected chi connectivity index (χ2v) is 6.59. The van der Waals surface area contributed by atoms with Crippen molar-refractivity contribution in [2.75, 3.05) is 24.3 Å². The number of esters is 1. The Morgan fingerprint density at radius 1 is 1.08 bits per heavy atom. The Morgan fingerprint density at radius 3 is 2.35 bits per heavy atom. The smallest absolute Gasteiger partial charge is 0.337 e. The van der Waals surface area contributed by atoms with E-state index in [2.05, 4.69) is 34.4 Å². The summed E-state index contributed by atoms with van der Waals surface area (Å²) in [5, 5.41) is 6.41. The number of methoxy groups -OCH3 is 1. The summed E-state index contributed by atoms with van der Waals surface area (Å²) >= 11 is 6.09. The molecule has 0 aromatic heterocycles. The maximum atomic E-state index is 12.2. The molecule has 0 fully saturated rings. The van der Waals surface area contributed by atoms with E-state index < -0.39 is 5.97 Å². The third-order valence-corrected chi connectivity index (χ3v) is 4.32. The van der Waals surface area contributed by atoms with Gasteiger partial charge < -0.3 is 15.4 Å². The number of halogens is 1. The number of rotatable bonds is 6. The Morgan fingerprint density at radius 2 is 1.73 bits per heavy atom. The summed E-state index contributed by atoms with van der Waals surface area (Å²) in [5.74, 6) is -0.673. The first kappa shape index (κ1) is 19.8. The number of aryl methyl sites for hydroxylation is 3. The number of hydrogen-bond acceptors (Lipinski definition) is 4. The quantitative estimate of drug-likeness (QED) is 0.731. The predicted molar refractivity (Wildman–Crippen MR) is 105 cm³/mol. The molecule has 0 heterocycles. The lowest BCUT2D eigenvalue weighted by molar-refractivity contribution is -0.115. The molecule has 0 bridgehead atoms. The van der Waals surface area contributed by atoms with Gasteiger partial charge in [0.05, 0.1) is 23.4 Å². The number of benzene rings is 2. The van der Waals surface area contributed by atoms with Crippen LogP contribution in [0.2, 0.25) is 5.02 Å². The zero-order valence-corrected chi connectivity index (χ0v) is 16.2. The molecule has 2 aromatic rings. The van der Waals surface area contributed by atoms with Gasteiger partial charge in [-0.3, -0.25) is 4.79 Å². The van der Waals surface area contributed by atoms with Crippen LogP contribution in [-0.4, -0.2) is 25.5 Å². The van der Waals surface area contributed by atoms with Crippen LogP contribution in [0.15, 0.2) is 30.3 Å². The third kappa shape index (κ3) is 4.99. The van der Waals surface area contributed by atoms with Crippen molar-refractivity contribution in [2.45, 2.75) is 27.2 Å². The maximum Gasteiger partial charge on any atom is 0.337 e. The number of anilines is 2. The number of carbonyl (C=O) groups excluding carboxylic acids is 2. The number of ether oxygens (including phenoxy) is 1. The molecule has 0 radical (unpaired) electrons. The SMILES string of the molecule is COC(=O)c1ccc(Cl)c(NC(=O)CCNc2c(C)cc(C)cc2C)c1. The molecular formula is C20H23ClN2O3. The first-order chi connectivity index (χ1) is 12.3. The summed E-state index contributed by atoms with van der Waals surface area (Å²) in [5.41, 5.74) is 5.28.